The van der Waals surface area contributed by atoms with E-state index in [2.05, 4.69) is 38.2 Å². The van der Waals surface area contributed by atoms with Gasteiger partial charge in [0, 0.05) is 39.0 Å². The molecule has 0 unspecified atom stereocenters. The second-order valence-electron chi connectivity index (χ2n) is 13.4. The summed E-state index contributed by atoms with van der Waals surface area (Å²) in [6, 6.07) is 0. The van der Waals surface area contributed by atoms with Gasteiger partial charge in [-0.2, -0.15) is 0 Å². The molecule has 0 aromatic rings. The van der Waals surface area contributed by atoms with Gasteiger partial charge in [0.15, 0.2) is 0 Å². The highest BCUT2D eigenvalue weighted by Gasteiger charge is 2.23. The van der Waals surface area contributed by atoms with Crippen LogP contribution < -0.4 is 0 Å². The molecule has 0 radical (unpaired) electrons. The summed E-state index contributed by atoms with van der Waals surface area (Å²) in [5.74, 6) is 0.568. The number of nitrogens with zero attached hydrogens (tertiary/aromatic N) is 2. The summed E-state index contributed by atoms with van der Waals surface area (Å²) in [6.45, 7) is 7.39. The third kappa shape index (κ3) is 24.7. The second-order valence-corrected chi connectivity index (χ2v) is 13.4. The Kier molecular flexibility index (Phi) is 28.9. The first kappa shape index (κ1) is 40.4. The van der Waals surface area contributed by atoms with E-state index in [0.29, 0.717) is 39.0 Å². The van der Waals surface area contributed by atoms with Crippen LogP contribution in [-0.2, 0) is 9.59 Å². The van der Waals surface area contributed by atoms with Gasteiger partial charge in [-0.25, -0.2) is 0 Å². The van der Waals surface area contributed by atoms with Gasteiger partial charge in [0.2, 0.25) is 11.8 Å². The molecule has 0 atom stereocenters. The van der Waals surface area contributed by atoms with Crippen LogP contribution in [0.3, 0.4) is 0 Å². The predicted octanol–water partition coefficient (Wildman–Crippen LogP) is 11.7. The molecule has 1 saturated heterocycles. The minimum absolute atomic E-state index is 0.284. The van der Waals surface area contributed by atoms with E-state index < -0.39 is 0 Å². The number of allylic oxidation sites excluding steroid dienone is 4. The maximum Gasteiger partial charge on any atom is 0.222 e. The van der Waals surface area contributed by atoms with Gasteiger partial charge < -0.3 is 9.80 Å². The van der Waals surface area contributed by atoms with Crippen molar-refractivity contribution in [1.29, 1.82) is 0 Å². The van der Waals surface area contributed by atoms with E-state index in [0.717, 1.165) is 25.7 Å². The van der Waals surface area contributed by atoms with Crippen molar-refractivity contribution in [2.45, 2.75) is 194 Å². The van der Waals surface area contributed by atoms with Crippen molar-refractivity contribution in [3.05, 3.63) is 24.3 Å². The molecule has 1 fully saturated rings. The van der Waals surface area contributed by atoms with Gasteiger partial charge in [-0.1, -0.05) is 141 Å². The van der Waals surface area contributed by atoms with Crippen LogP contribution in [0.4, 0.5) is 0 Å². The lowest BCUT2D eigenvalue weighted by atomic mass is 10.1. The van der Waals surface area contributed by atoms with Crippen molar-refractivity contribution in [3.8, 4) is 0 Å². The van der Waals surface area contributed by atoms with E-state index in [1.165, 1.54) is 141 Å². The third-order valence-electron chi connectivity index (χ3n) is 9.29. The minimum atomic E-state index is 0.284. The van der Waals surface area contributed by atoms with E-state index in [-0.39, 0.29) is 11.8 Å². The molecule has 0 aromatic heterocycles. The van der Waals surface area contributed by atoms with E-state index in [4.69, 9.17) is 0 Å². The lowest BCUT2D eigenvalue weighted by Crippen LogP contribution is -2.50. The highest BCUT2D eigenvalue weighted by atomic mass is 16.2. The first-order valence-electron chi connectivity index (χ1n) is 19.5. The first-order valence-corrected chi connectivity index (χ1v) is 19.5. The maximum absolute atomic E-state index is 12.6. The molecule has 0 aromatic carbocycles. The van der Waals surface area contributed by atoms with Crippen molar-refractivity contribution in [2.75, 3.05) is 26.2 Å². The maximum atomic E-state index is 12.6. The smallest absolute Gasteiger partial charge is 0.222 e. The lowest BCUT2D eigenvalue weighted by molar-refractivity contribution is -0.139. The van der Waals surface area contributed by atoms with Crippen molar-refractivity contribution in [1.82, 2.24) is 9.80 Å². The zero-order valence-corrected chi connectivity index (χ0v) is 29.6. The van der Waals surface area contributed by atoms with Crippen LogP contribution in [-0.4, -0.2) is 47.8 Å². The van der Waals surface area contributed by atoms with Crippen LogP contribution in [0.5, 0.6) is 0 Å². The molecule has 0 bridgehead atoms. The average Bonchev–Trinajstić information content (AvgIpc) is 3.04. The van der Waals surface area contributed by atoms with Crippen molar-refractivity contribution in [2.24, 2.45) is 0 Å². The van der Waals surface area contributed by atoms with Crippen molar-refractivity contribution in [3.63, 3.8) is 0 Å². The summed E-state index contributed by atoms with van der Waals surface area (Å²) in [5, 5.41) is 0. The van der Waals surface area contributed by atoms with Gasteiger partial charge in [-0.05, 0) is 64.2 Å². The number of carbonyl (C=O) groups excluding carboxylic acids is 2. The lowest BCUT2D eigenvalue weighted by Gasteiger charge is -2.35. The van der Waals surface area contributed by atoms with Gasteiger partial charge >= 0.3 is 0 Å². The Morgan fingerprint density at radius 3 is 0.932 bits per heavy atom. The molecule has 4 nitrogen and oxygen atoms in total. The third-order valence-corrected chi connectivity index (χ3v) is 9.29. The van der Waals surface area contributed by atoms with Crippen LogP contribution in [0.25, 0.3) is 0 Å². The highest BCUT2D eigenvalue weighted by molar-refractivity contribution is 5.78. The Hall–Kier alpha value is -1.58. The molecule has 1 aliphatic rings. The van der Waals surface area contributed by atoms with Gasteiger partial charge in [0.05, 0.1) is 0 Å². The van der Waals surface area contributed by atoms with Gasteiger partial charge in [0.1, 0.15) is 0 Å². The number of hydrogen-bond acceptors (Lipinski definition) is 2. The number of unbranched alkanes of at least 4 members (excludes halogenated alkanes) is 22. The fourth-order valence-electron chi connectivity index (χ4n) is 6.22. The average molecular weight is 615 g/mol. The number of rotatable bonds is 30. The molecular weight excluding hydrogens is 540 g/mol. The summed E-state index contributed by atoms with van der Waals surface area (Å²) < 4.78 is 0. The topological polar surface area (TPSA) is 40.6 Å². The minimum Gasteiger partial charge on any atom is -0.339 e. The molecule has 1 aliphatic heterocycles. The van der Waals surface area contributed by atoms with Crippen molar-refractivity contribution < 1.29 is 9.59 Å². The molecule has 0 N–H and O–H groups in total. The van der Waals surface area contributed by atoms with Crippen LogP contribution in [0, 0.1) is 0 Å². The number of hydrogen-bond donors (Lipinski definition) is 0. The Balaban J connectivity index is 1.90. The predicted molar refractivity (Wildman–Crippen MR) is 192 cm³/mol. The Morgan fingerprint density at radius 1 is 0.386 bits per heavy atom. The van der Waals surface area contributed by atoms with Crippen LogP contribution in [0.2, 0.25) is 0 Å². The molecule has 0 spiro atoms. The van der Waals surface area contributed by atoms with Gasteiger partial charge in [-0.3, -0.25) is 9.59 Å². The Bertz CT molecular complexity index is 648. The van der Waals surface area contributed by atoms with Crippen LogP contribution in [0.15, 0.2) is 24.3 Å². The van der Waals surface area contributed by atoms with E-state index in [1.807, 2.05) is 9.80 Å². The van der Waals surface area contributed by atoms with Gasteiger partial charge in [-0.15, -0.1) is 0 Å². The van der Waals surface area contributed by atoms with E-state index >= 15 is 0 Å². The molecule has 4 heteroatoms. The molecule has 0 aliphatic carbocycles. The molecule has 2 amide bonds. The zero-order chi connectivity index (χ0) is 31.8. The molecule has 256 valence electrons. The largest absolute Gasteiger partial charge is 0.339 e. The molecular formula is C40H74N2O2. The summed E-state index contributed by atoms with van der Waals surface area (Å²) in [7, 11) is 0. The summed E-state index contributed by atoms with van der Waals surface area (Å²) >= 11 is 0. The first-order chi connectivity index (χ1) is 21.7. The number of amides is 2. The molecule has 44 heavy (non-hydrogen) atoms. The monoisotopic (exact) mass is 615 g/mol. The summed E-state index contributed by atoms with van der Waals surface area (Å²) in [6.07, 6.45) is 44.1. The Morgan fingerprint density at radius 2 is 0.636 bits per heavy atom. The molecule has 0 saturated carbocycles. The molecule has 1 heterocycles. The number of piperazine rings is 1. The standard InChI is InChI=1S/C40H74N2O2/c1-3-5-7-9-11-13-15-17-19-21-23-25-27-29-31-33-39(43)41-35-37-42(38-36-41)40(44)34-32-30-28-26-24-22-20-18-16-14-12-10-8-6-4-2/h17-20H,3-16,21-38H2,1-2H3/b19-17-,20-18-. The van der Waals surface area contributed by atoms with Crippen LogP contribution in [0.1, 0.15) is 194 Å². The molecule has 1 rings (SSSR count). The fraction of sp³-hybridized carbons (Fsp3) is 0.850. The number of carbonyl (C=O) groups is 2. The fourth-order valence-corrected chi connectivity index (χ4v) is 6.22. The van der Waals surface area contributed by atoms with E-state index in [9.17, 15) is 9.59 Å². The quantitative estimate of drug-likeness (QED) is 0.0596. The van der Waals surface area contributed by atoms with Crippen molar-refractivity contribution >= 4 is 11.8 Å². The highest BCUT2D eigenvalue weighted by Crippen LogP contribution is 2.14. The zero-order valence-electron chi connectivity index (χ0n) is 29.6. The summed E-state index contributed by atoms with van der Waals surface area (Å²) in [5.41, 5.74) is 0. The second kappa shape index (κ2) is 31.4. The van der Waals surface area contributed by atoms with E-state index in [1.54, 1.807) is 0 Å². The Labute approximate surface area is 274 Å². The SMILES string of the molecule is CCCCCCCC/C=C\CCCCCCCC(=O)N1CCN(C(=O)CCCCCCC/C=C\CCCCCCCC)CC1. The van der Waals surface area contributed by atoms with Gasteiger partial charge in [0.25, 0.3) is 0 Å². The summed E-state index contributed by atoms with van der Waals surface area (Å²) in [4.78, 5) is 29.3. The normalized spacial score (nSPS) is 14.0. The van der Waals surface area contributed by atoms with Crippen LogP contribution >= 0.6 is 0 Å².